The molecule has 2 rings (SSSR count). The SMILES string of the molecule is Nc1c(Br)ncc2sccc12. The Morgan fingerprint density at radius 3 is 3.18 bits per heavy atom. The monoisotopic (exact) mass is 228 g/mol. The van der Waals surface area contributed by atoms with Gasteiger partial charge in [-0.2, -0.15) is 0 Å². The Kier molecular flexibility index (Phi) is 1.58. The van der Waals surface area contributed by atoms with Crippen molar-refractivity contribution in [3.8, 4) is 0 Å². The number of hydrogen-bond donors (Lipinski definition) is 1. The van der Waals surface area contributed by atoms with Gasteiger partial charge in [-0.3, -0.25) is 0 Å². The highest BCUT2D eigenvalue weighted by atomic mass is 79.9. The van der Waals surface area contributed by atoms with Gasteiger partial charge in [-0.15, -0.1) is 11.3 Å². The van der Waals surface area contributed by atoms with Crippen LogP contribution < -0.4 is 5.73 Å². The van der Waals surface area contributed by atoms with Crippen LogP contribution in [-0.4, -0.2) is 4.98 Å². The standard InChI is InChI=1S/C7H5BrN2S/c8-7-6(9)4-1-2-11-5(4)3-10-7/h1-3H,9H2. The van der Waals surface area contributed by atoms with E-state index in [9.17, 15) is 0 Å². The van der Waals surface area contributed by atoms with Gasteiger partial charge in [0.15, 0.2) is 0 Å². The van der Waals surface area contributed by atoms with Crippen LogP contribution in [0.5, 0.6) is 0 Å². The Morgan fingerprint density at radius 2 is 2.36 bits per heavy atom. The van der Waals surface area contributed by atoms with Gasteiger partial charge in [0, 0.05) is 11.6 Å². The summed E-state index contributed by atoms with van der Waals surface area (Å²) in [6, 6.07) is 2.00. The molecule has 0 unspecified atom stereocenters. The van der Waals surface area contributed by atoms with Gasteiger partial charge in [-0.1, -0.05) is 0 Å². The molecule has 0 fully saturated rings. The van der Waals surface area contributed by atoms with Crippen LogP contribution in [-0.2, 0) is 0 Å². The summed E-state index contributed by atoms with van der Waals surface area (Å²) in [4.78, 5) is 4.08. The first kappa shape index (κ1) is 7.06. The van der Waals surface area contributed by atoms with E-state index in [0.717, 1.165) is 20.4 Å². The second-order valence-electron chi connectivity index (χ2n) is 2.16. The van der Waals surface area contributed by atoms with Gasteiger partial charge < -0.3 is 5.73 Å². The van der Waals surface area contributed by atoms with Crippen LogP contribution in [0.4, 0.5) is 5.69 Å². The molecule has 0 saturated heterocycles. The topological polar surface area (TPSA) is 38.9 Å². The lowest BCUT2D eigenvalue weighted by atomic mass is 10.3. The lowest BCUT2D eigenvalue weighted by Gasteiger charge is -1.96. The minimum Gasteiger partial charge on any atom is -0.396 e. The smallest absolute Gasteiger partial charge is 0.129 e. The third-order valence-corrected chi connectivity index (χ3v) is 2.99. The van der Waals surface area contributed by atoms with E-state index < -0.39 is 0 Å². The summed E-state index contributed by atoms with van der Waals surface area (Å²) in [6.45, 7) is 0. The molecule has 2 aromatic rings. The number of aromatic nitrogens is 1. The van der Waals surface area contributed by atoms with Crippen LogP contribution in [0.25, 0.3) is 10.1 Å². The Morgan fingerprint density at radius 1 is 1.55 bits per heavy atom. The van der Waals surface area contributed by atoms with Crippen LogP contribution in [0.3, 0.4) is 0 Å². The zero-order valence-electron chi connectivity index (χ0n) is 5.54. The normalized spacial score (nSPS) is 10.6. The second kappa shape index (κ2) is 2.46. The first-order chi connectivity index (χ1) is 5.29. The molecule has 0 aromatic carbocycles. The molecular weight excluding hydrogens is 224 g/mol. The fourth-order valence-electron chi connectivity index (χ4n) is 0.939. The van der Waals surface area contributed by atoms with E-state index >= 15 is 0 Å². The summed E-state index contributed by atoms with van der Waals surface area (Å²) < 4.78 is 1.86. The summed E-state index contributed by atoms with van der Waals surface area (Å²) in [7, 11) is 0. The maximum Gasteiger partial charge on any atom is 0.129 e. The van der Waals surface area contributed by atoms with Gasteiger partial charge in [0.05, 0.1) is 10.4 Å². The molecule has 2 heterocycles. The van der Waals surface area contributed by atoms with Crippen molar-refractivity contribution in [2.75, 3.05) is 5.73 Å². The molecule has 0 radical (unpaired) electrons. The van der Waals surface area contributed by atoms with Crippen LogP contribution in [0, 0.1) is 0 Å². The number of pyridine rings is 1. The summed E-state index contributed by atoms with van der Waals surface area (Å²) in [5.74, 6) is 0. The minimum atomic E-state index is 0.725. The summed E-state index contributed by atoms with van der Waals surface area (Å²) in [5.41, 5.74) is 6.49. The second-order valence-corrected chi connectivity index (χ2v) is 3.86. The maximum atomic E-state index is 5.76. The maximum absolute atomic E-state index is 5.76. The highest BCUT2D eigenvalue weighted by Crippen LogP contribution is 2.29. The number of thiophene rings is 1. The zero-order valence-corrected chi connectivity index (χ0v) is 7.95. The lowest BCUT2D eigenvalue weighted by Crippen LogP contribution is -1.88. The Labute approximate surface area is 76.2 Å². The molecule has 0 amide bonds. The largest absolute Gasteiger partial charge is 0.396 e. The molecule has 0 saturated carbocycles. The van der Waals surface area contributed by atoms with Crippen LogP contribution in [0.2, 0.25) is 0 Å². The van der Waals surface area contributed by atoms with Crippen molar-refractivity contribution in [1.29, 1.82) is 0 Å². The lowest BCUT2D eigenvalue weighted by molar-refractivity contribution is 1.32. The molecular formula is C7H5BrN2S. The fraction of sp³-hybridized carbons (Fsp3) is 0. The van der Waals surface area contributed by atoms with Crippen molar-refractivity contribution in [2.24, 2.45) is 0 Å². The number of anilines is 1. The Balaban J connectivity index is 2.93. The van der Waals surface area contributed by atoms with Crippen molar-refractivity contribution < 1.29 is 0 Å². The zero-order chi connectivity index (χ0) is 7.84. The van der Waals surface area contributed by atoms with Gasteiger partial charge in [0.1, 0.15) is 4.60 Å². The summed E-state index contributed by atoms with van der Waals surface area (Å²) in [6.07, 6.45) is 1.82. The van der Waals surface area contributed by atoms with Crippen LogP contribution in [0.15, 0.2) is 22.2 Å². The molecule has 0 aliphatic rings. The molecule has 2 N–H and O–H groups in total. The molecule has 2 aromatic heterocycles. The molecule has 0 atom stereocenters. The van der Waals surface area contributed by atoms with Crippen LogP contribution >= 0.6 is 27.3 Å². The highest BCUT2D eigenvalue weighted by molar-refractivity contribution is 9.10. The highest BCUT2D eigenvalue weighted by Gasteiger charge is 2.02. The average Bonchev–Trinajstić information content (AvgIpc) is 2.45. The number of rotatable bonds is 0. The quantitative estimate of drug-likeness (QED) is 0.705. The molecule has 0 aliphatic carbocycles. The first-order valence-electron chi connectivity index (χ1n) is 3.06. The molecule has 2 nitrogen and oxygen atoms in total. The predicted molar refractivity (Wildman–Crippen MR) is 51.7 cm³/mol. The van der Waals surface area contributed by atoms with E-state index in [-0.39, 0.29) is 0 Å². The third-order valence-electron chi connectivity index (χ3n) is 1.50. The summed E-state index contributed by atoms with van der Waals surface area (Å²) in [5, 5.41) is 3.09. The number of hydrogen-bond acceptors (Lipinski definition) is 3. The first-order valence-corrected chi connectivity index (χ1v) is 4.73. The fourth-order valence-corrected chi connectivity index (χ4v) is 2.02. The van der Waals surface area contributed by atoms with Gasteiger partial charge in [0.2, 0.25) is 0 Å². The predicted octanol–water partition coefficient (Wildman–Crippen LogP) is 2.64. The molecule has 0 bridgehead atoms. The number of nitrogens with two attached hydrogens (primary N) is 1. The third kappa shape index (κ3) is 1.02. The van der Waals surface area contributed by atoms with E-state index in [1.54, 1.807) is 11.3 Å². The number of fused-ring (bicyclic) bond motifs is 1. The van der Waals surface area contributed by atoms with Gasteiger partial charge in [-0.25, -0.2) is 4.98 Å². The van der Waals surface area contributed by atoms with Crippen molar-refractivity contribution in [3.63, 3.8) is 0 Å². The van der Waals surface area contributed by atoms with Crippen molar-refractivity contribution >= 4 is 43.0 Å². The van der Waals surface area contributed by atoms with Crippen LogP contribution in [0.1, 0.15) is 0 Å². The van der Waals surface area contributed by atoms with Crippen molar-refractivity contribution in [3.05, 3.63) is 22.2 Å². The Hall–Kier alpha value is -0.610. The molecule has 0 aliphatic heterocycles. The number of nitrogen functional groups attached to an aromatic ring is 1. The molecule has 4 heteroatoms. The molecule has 0 spiro atoms. The van der Waals surface area contributed by atoms with E-state index in [0.29, 0.717) is 0 Å². The van der Waals surface area contributed by atoms with Crippen molar-refractivity contribution in [2.45, 2.75) is 0 Å². The minimum absolute atomic E-state index is 0.725. The van der Waals surface area contributed by atoms with E-state index in [1.807, 2.05) is 17.6 Å². The summed E-state index contributed by atoms with van der Waals surface area (Å²) >= 11 is 4.92. The molecule has 11 heavy (non-hydrogen) atoms. The van der Waals surface area contributed by atoms with E-state index in [2.05, 4.69) is 20.9 Å². The number of nitrogens with zero attached hydrogens (tertiary/aromatic N) is 1. The van der Waals surface area contributed by atoms with E-state index in [4.69, 9.17) is 5.73 Å². The Bertz CT molecular complexity index is 396. The van der Waals surface area contributed by atoms with E-state index in [1.165, 1.54) is 0 Å². The molecule has 56 valence electrons. The van der Waals surface area contributed by atoms with Gasteiger partial charge in [-0.05, 0) is 27.4 Å². The van der Waals surface area contributed by atoms with Gasteiger partial charge >= 0.3 is 0 Å². The number of halogens is 1. The van der Waals surface area contributed by atoms with Crippen molar-refractivity contribution in [1.82, 2.24) is 4.98 Å². The van der Waals surface area contributed by atoms with Gasteiger partial charge in [0.25, 0.3) is 0 Å². The average molecular weight is 229 g/mol.